The number of carbonyl (C=O) groups is 1. The molecule has 0 fully saturated rings. The smallest absolute Gasteiger partial charge is 0.395 e. The van der Waals surface area contributed by atoms with Gasteiger partial charge < -0.3 is 15.9 Å². The lowest BCUT2D eigenvalue weighted by Crippen LogP contribution is -2.10. The van der Waals surface area contributed by atoms with Crippen LogP contribution < -0.4 is 11.5 Å². The first-order valence-corrected chi connectivity index (χ1v) is 5.40. The fourth-order valence-electron chi connectivity index (χ4n) is 1.69. The van der Waals surface area contributed by atoms with Crippen LogP contribution in [0.1, 0.15) is 16.1 Å². The fourth-order valence-corrected chi connectivity index (χ4v) is 1.69. The van der Waals surface area contributed by atoms with Gasteiger partial charge in [0.15, 0.2) is 0 Å². The molecule has 0 unspecified atom stereocenters. The molecule has 1 amide bonds. The maximum Gasteiger partial charge on any atom is 0.434 e. The predicted molar refractivity (Wildman–Crippen MR) is 67.2 cm³/mol. The van der Waals surface area contributed by atoms with Crippen LogP contribution in [0.15, 0.2) is 34.7 Å². The summed E-state index contributed by atoms with van der Waals surface area (Å²) in [6, 6.07) is 8.10. The molecule has 0 aliphatic carbocycles. The largest absolute Gasteiger partial charge is 0.434 e. The number of furan rings is 1. The van der Waals surface area contributed by atoms with E-state index < -0.39 is 16.7 Å². The molecule has 0 saturated carbocycles. The molecule has 0 aliphatic heterocycles. The van der Waals surface area contributed by atoms with Crippen LogP contribution >= 0.6 is 0 Å². The van der Waals surface area contributed by atoms with E-state index in [4.69, 9.17) is 15.9 Å². The van der Waals surface area contributed by atoms with E-state index in [0.717, 1.165) is 5.56 Å². The van der Waals surface area contributed by atoms with Gasteiger partial charge in [-0.2, -0.15) is 0 Å². The van der Waals surface area contributed by atoms with Gasteiger partial charge in [0.25, 0.3) is 5.91 Å². The average molecular weight is 261 g/mol. The Morgan fingerprint density at radius 2 is 1.95 bits per heavy atom. The maximum absolute atomic E-state index is 11.2. The Morgan fingerprint density at radius 1 is 1.32 bits per heavy atom. The number of rotatable bonds is 4. The highest BCUT2D eigenvalue weighted by Gasteiger charge is 2.23. The normalized spacial score (nSPS) is 10.4. The molecular formula is C12H11N3O4. The highest BCUT2D eigenvalue weighted by atomic mass is 16.6. The molecule has 1 aromatic heterocycles. The topological polar surface area (TPSA) is 125 Å². The summed E-state index contributed by atoms with van der Waals surface area (Å²) in [7, 11) is 0. The van der Waals surface area contributed by atoms with Gasteiger partial charge in [0.2, 0.25) is 5.76 Å². The van der Waals surface area contributed by atoms with Crippen LogP contribution in [0.25, 0.3) is 11.1 Å². The number of hydrogen-bond donors (Lipinski definition) is 2. The Balaban J connectivity index is 2.52. The first-order chi connectivity index (χ1) is 9.02. The molecule has 1 aromatic carbocycles. The lowest BCUT2D eigenvalue weighted by Gasteiger charge is -2.01. The molecular weight excluding hydrogens is 250 g/mol. The molecule has 4 N–H and O–H groups in total. The molecule has 98 valence electrons. The number of amides is 1. The third kappa shape index (κ3) is 2.45. The zero-order chi connectivity index (χ0) is 14.0. The van der Waals surface area contributed by atoms with Gasteiger partial charge in [-0.3, -0.25) is 14.9 Å². The maximum atomic E-state index is 11.2. The van der Waals surface area contributed by atoms with Gasteiger partial charge in [0, 0.05) is 12.1 Å². The van der Waals surface area contributed by atoms with E-state index in [1.165, 1.54) is 6.07 Å². The standard InChI is InChI=1S/C12H11N3O4/c13-6-7-1-3-8(4-2-7)9-5-10(15(17)18)19-11(9)12(14)16/h1-5H,6,13H2,(H2,14,16). The second-order valence-electron chi connectivity index (χ2n) is 3.85. The second kappa shape index (κ2) is 4.91. The third-order valence-corrected chi connectivity index (χ3v) is 2.62. The number of nitrogens with zero attached hydrogens (tertiary/aromatic N) is 1. The van der Waals surface area contributed by atoms with Crippen molar-refractivity contribution in [2.24, 2.45) is 11.5 Å². The lowest BCUT2D eigenvalue weighted by molar-refractivity contribution is -0.402. The van der Waals surface area contributed by atoms with Crippen molar-refractivity contribution in [1.29, 1.82) is 0 Å². The van der Waals surface area contributed by atoms with Crippen LogP contribution in [0.4, 0.5) is 5.88 Å². The molecule has 0 aliphatic rings. The van der Waals surface area contributed by atoms with Crippen LogP contribution in [-0.2, 0) is 6.54 Å². The Hall–Kier alpha value is -2.67. The van der Waals surface area contributed by atoms with E-state index in [9.17, 15) is 14.9 Å². The van der Waals surface area contributed by atoms with Gasteiger partial charge in [-0.25, -0.2) is 0 Å². The van der Waals surface area contributed by atoms with Crippen molar-refractivity contribution in [3.05, 3.63) is 51.8 Å². The zero-order valence-electron chi connectivity index (χ0n) is 9.83. The minimum Gasteiger partial charge on any atom is -0.395 e. The molecule has 0 spiro atoms. The van der Waals surface area contributed by atoms with E-state index in [1.807, 2.05) is 0 Å². The van der Waals surface area contributed by atoms with E-state index >= 15 is 0 Å². The van der Waals surface area contributed by atoms with Crippen molar-refractivity contribution >= 4 is 11.8 Å². The summed E-state index contributed by atoms with van der Waals surface area (Å²) in [4.78, 5) is 21.2. The van der Waals surface area contributed by atoms with E-state index in [-0.39, 0.29) is 5.76 Å². The molecule has 0 saturated heterocycles. The van der Waals surface area contributed by atoms with E-state index in [2.05, 4.69) is 0 Å². The van der Waals surface area contributed by atoms with Crippen LogP contribution in [0.2, 0.25) is 0 Å². The average Bonchev–Trinajstić information content (AvgIpc) is 2.84. The highest BCUT2D eigenvalue weighted by molar-refractivity contribution is 5.97. The van der Waals surface area contributed by atoms with Gasteiger partial charge in [0.05, 0.1) is 6.07 Å². The number of nitro groups is 1. The van der Waals surface area contributed by atoms with Gasteiger partial charge in [-0.05, 0) is 11.1 Å². The molecule has 2 rings (SSSR count). The number of nitrogens with two attached hydrogens (primary N) is 2. The first kappa shape index (κ1) is 12.8. The summed E-state index contributed by atoms with van der Waals surface area (Å²) in [6.45, 7) is 0.383. The van der Waals surface area contributed by atoms with Crippen molar-refractivity contribution in [2.45, 2.75) is 6.54 Å². The van der Waals surface area contributed by atoms with Gasteiger partial charge in [-0.1, -0.05) is 24.3 Å². The molecule has 1 heterocycles. The van der Waals surface area contributed by atoms with Gasteiger partial charge in [-0.15, -0.1) is 0 Å². The molecule has 7 nitrogen and oxygen atoms in total. The van der Waals surface area contributed by atoms with Crippen molar-refractivity contribution in [1.82, 2.24) is 0 Å². The SMILES string of the molecule is NCc1ccc(-c2cc([N+](=O)[O-])oc2C(N)=O)cc1. The van der Waals surface area contributed by atoms with Crippen molar-refractivity contribution in [3.63, 3.8) is 0 Å². The Morgan fingerprint density at radius 3 is 2.42 bits per heavy atom. The Kier molecular flexibility index (Phi) is 3.30. The molecule has 0 atom stereocenters. The lowest BCUT2D eigenvalue weighted by atomic mass is 10.0. The van der Waals surface area contributed by atoms with E-state index in [1.54, 1.807) is 24.3 Å². The van der Waals surface area contributed by atoms with Crippen molar-refractivity contribution in [3.8, 4) is 11.1 Å². The molecule has 0 bridgehead atoms. The van der Waals surface area contributed by atoms with Crippen molar-refractivity contribution in [2.75, 3.05) is 0 Å². The van der Waals surface area contributed by atoms with Crippen molar-refractivity contribution < 1.29 is 14.1 Å². The minimum atomic E-state index is -0.856. The molecule has 19 heavy (non-hydrogen) atoms. The van der Waals surface area contributed by atoms with Crippen LogP contribution in [0, 0.1) is 10.1 Å². The highest BCUT2D eigenvalue weighted by Crippen LogP contribution is 2.30. The fraction of sp³-hybridized carbons (Fsp3) is 0.0833. The first-order valence-electron chi connectivity index (χ1n) is 5.40. The third-order valence-electron chi connectivity index (χ3n) is 2.62. The van der Waals surface area contributed by atoms with Crippen LogP contribution in [0.5, 0.6) is 0 Å². The predicted octanol–water partition coefficient (Wildman–Crippen LogP) is 1.41. The molecule has 2 aromatic rings. The minimum absolute atomic E-state index is 0.229. The number of carbonyl (C=O) groups excluding carboxylic acids is 1. The number of primary amides is 1. The molecule has 7 heteroatoms. The van der Waals surface area contributed by atoms with Gasteiger partial charge in [0.1, 0.15) is 4.92 Å². The van der Waals surface area contributed by atoms with E-state index in [0.29, 0.717) is 17.7 Å². The summed E-state index contributed by atoms with van der Waals surface area (Å²) in [5.74, 6) is -1.61. The van der Waals surface area contributed by atoms with Crippen LogP contribution in [0.3, 0.4) is 0 Å². The summed E-state index contributed by atoms with van der Waals surface area (Å²) >= 11 is 0. The number of hydrogen-bond acceptors (Lipinski definition) is 5. The zero-order valence-corrected chi connectivity index (χ0v) is 9.83. The quantitative estimate of drug-likeness (QED) is 0.635. The molecule has 0 radical (unpaired) electrons. The monoisotopic (exact) mass is 261 g/mol. The summed E-state index contributed by atoms with van der Waals surface area (Å²) in [5, 5.41) is 10.7. The summed E-state index contributed by atoms with van der Waals surface area (Å²) < 4.78 is 4.85. The number of benzene rings is 1. The second-order valence-corrected chi connectivity index (χ2v) is 3.85. The summed E-state index contributed by atoms with van der Waals surface area (Å²) in [5.41, 5.74) is 12.4. The Labute approximate surface area is 108 Å². The van der Waals surface area contributed by atoms with Gasteiger partial charge >= 0.3 is 5.88 Å². The summed E-state index contributed by atoms with van der Waals surface area (Å²) in [6.07, 6.45) is 0. The van der Waals surface area contributed by atoms with Crippen LogP contribution in [-0.4, -0.2) is 10.8 Å². The Bertz CT molecular complexity index is 631.